The molecule has 0 aromatic heterocycles. The van der Waals surface area contributed by atoms with E-state index in [-0.39, 0.29) is 19.0 Å². The van der Waals surface area contributed by atoms with Crippen LogP contribution in [0, 0.1) is 6.92 Å². The lowest BCUT2D eigenvalue weighted by Gasteiger charge is -2.20. The Kier molecular flexibility index (Phi) is 6.76. The third-order valence-electron chi connectivity index (χ3n) is 3.90. The SMILES string of the molecule is COc1ccccc1CN(CC(=O)NCc1cccc(C)c1)S(C)(=O)=O. The van der Waals surface area contributed by atoms with Gasteiger partial charge in [-0.05, 0) is 18.6 Å². The van der Waals surface area contributed by atoms with Gasteiger partial charge in [0.05, 0.1) is 19.9 Å². The Morgan fingerprint density at radius 1 is 1.15 bits per heavy atom. The Bertz CT molecular complexity index is 865. The van der Waals surface area contributed by atoms with Crippen molar-refractivity contribution in [2.75, 3.05) is 19.9 Å². The molecule has 0 fully saturated rings. The van der Waals surface area contributed by atoms with E-state index < -0.39 is 10.0 Å². The molecule has 2 rings (SSSR count). The van der Waals surface area contributed by atoms with Crippen molar-refractivity contribution in [3.05, 3.63) is 65.2 Å². The average Bonchev–Trinajstić information content (AvgIpc) is 2.59. The first-order valence-corrected chi connectivity index (χ1v) is 10.0. The number of carbonyl (C=O) groups excluding carboxylic acids is 1. The zero-order chi connectivity index (χ0) is 19.2. The number of carbonyl (C=O) groups is 1. The zero-order valence-electron chi connectivity index (χ0n) is 15.2. The number of methoxy groups -OCH3 is 1. The molecule has 7 heteroatoms. The molecule has 0 atom stereocenters. The van der Waals surface area contributed by atoms with Gasteiger partial charge in [-0.15, -0.1) is 0 Å². The maximum atomic E-state index is 12.3. The zero-order valence-corrected chi connectivity index (χ0v) is 16.0. The van der Waals surface area contributed by atoms with Gasteiger partial charge >= 0.3 is 0 Å². The smallest absolute Gasteiger partial charge is 0.235 e. The Balaban J connectivity index is 2.04. The third-order valence-corrected chi connectivity index (χ3v) is 5.10. The summed E-state index contributed by atoms with van der Waals surface area (Å²) >= 11 is 0. The van der Waals surface area contributed by atoms with E-state index in [4.69, 9.17) is 4.74 Å². The van der Waals surface area contributed by atoms with Gasteiger partial charge in [0, 0.05) is 18.7 Å². The summed E-state index contributed by atoms with van der Waals surface area (Å²) in [5.74, 6) is 0.230. The van der Waals surface area contributed by atoms with Gasteiger partial charge in [0.15, 0.2) is 0 Å². The fourth-order valence-corrected chi connectivity index (χ4v) is 3.28. The van der Waals surface area contributed by atoms with Crippen LogP contribution >= 0.6 is 0 Å². The maximum absolute atomic E-state index is 12.3. The van der Waals surface area contributed by atoms with Crippen molar-refractivity contribution in [1.29, 1.82) is 0 Å². The quantitative estimate of drug-likeness (QED) is 0.765. The van der Waals surface area contributed by atoms with E-state index in [1.807, 2.05) is 37.3 Å². The van der Waals surface area contributed by atoms with Crippen LogP contribution in [0.2, 0.25) is 0 Å². The highest BCUT2D eigenvalue weighted by molar-refractivity contribution is 7.88. The van der Waals surface area contributed by atoms with Gasteiger partial charge in [-0.2, -0.15) is 4.31 Å². The van der Waals surface area contributed by atoms with Crippen molar-refractivity contribution in [2.45, 2.75) is 20.0 Å². The van der Waals surface area contributed by atoms with Crippen molar-refractivity contribution >= 4 is 15.9 Å². The van der Waals surface area contributed by atoms with E-state index in [1.165, 1.54) is 7.11 Å². The average molecular weight is 376 g/mol. The highest BCUT2D eigenvalue weighted by atomic mass is 32.2. The van der Waals surface area contributed by atoms with Gasteiger partial charge in [0.1, 0.15) is 5.75 Å². The minimum atomic E-state index is -3.56. The molecule has 0 heterocycles. The van der Waals surface area contributed by atoms with Crippen molar-refractivity contribution in [3.8, 4) is 5.75 Å². The topological polar surface area (TPSA) is 75.7 Å². The van der Waals surface area contributed by atoms with Crippen LogP contribution in [0.5, 0.6) is 5.75 Å². The van der Waals surface area contributed by atoms with Crippen LogP contribution in [0.4, 0.5) is 0 Å². The molecular weight excluding hydrogens is 352 g/mol. The maximum Gasteiger partial charge on any atom is 0.235 e. The van der Waals surface area contributed by atoms with Crippen molar-refractivity contribution in [2.24, 2.45) is 0 Å². The van der Waals surface area contributed by atoms with Crippen LogP contribution in [0.15, 0.2) is 48.5 Å². The van der Waals surface area contributed by atoms with Crippen molar-refractivity contribution in [3.63, 3.8) is 0 Å². The van der Waals surface area contributed by atoms with E-state index in [0.29, 0.717) is 17.9 Å². The first-order valence-electron chi connectivity index (χ1n) is 8.19. The van der Waals surface area contributed by atoms with Gasteiger partial charge in [0.2, 0.25) is 15.9 Å². The normalized spacial score (nSPS) is 11.4. The lowest BCUT2D eigenvalue weighted by atomic mass is 10.1. The largest absolute Gasteiger partial charge is 0.496 e. The molecule has 1 amide bonds. The first-order chi connectivity index (χ1) is 12.3. The number of rotatable bonds is 8. The molecule has 0 saturated carbocycles. The minimum absolute atomic E-state index is 0.0702. The van der Waals surface area contributed by atoms with Gasteiger partial charge in [0.25, 0.3) is 0 Å². The van der Waals surface area contributed by atoms with Crippen molar-refractivity contribution in [1.82, 2.24) is 9.62 Å². The van der Waals surface area contributed by atoms with E-state index in [1.54, 1.807) is 18.2 Å². The second kappa shape index (κ2) is 8.82. The van der Waals surface area contributed by atoms with Gasteiger partial charge in [-0.25, -0.2) is 8.42 Å². The number of hydrogen-bond donors (Lipinski definition) is 1. The lowest BCUT2D eigenvalue weighted by Crippen LogP contribution is -2.39. The Hall–Kier alpha value is -2.38. The predicted octanol–water partition coefficient (Wildman–Crippen LogP) is 2.08. The molecule has 0 unspecified atom stereocenters. The molecule has 1 N–H and O–H groups in total. The third kappa shape index (κ3) is 5.86. The second-order valence-electron chi connectivity index (χ2n) is 6.11. The number of benzene rings is 2. The summed E-state index contributed by atoms with van der Waals surface area (Å²) in [6, 6.07) is 14.9. The highest BCUT2D eigenvalue weighted by Crippen LogP contribution is 2.20. The van der Waals surface area contributed by atoms with Crippen LogP contribution in [-0.2, 0) is 27.9 Å². The molecule has 140 valence electrons. The molecule has 0 spiro atoms. The minimum Gasteiger partial charge on any atom is -0.496 e. The van der Waals surface area contributed by atoms with Crippen molar-refractivity contribution < 1.29 is 17.9 Å². The molecule has 0 saturated heterocycles. The van der Waals surface area contributed by atoms with Gasteiger partial charge in [-0.3, -0.25) is 4.79 Å². The van der Waals surface area contributed by atoms with E-state index in [9.17, 15) is 13.2 Å². The summed E-state index contributed by atoms with van der Waals surface area (Å²) in [7, 11) is -2.03. The van der Waals surface area contributed by atoms with E-state index >= 15 is 0 Å². The first kappa shape index (κ1) is 19.9. The number of amides is 1. The van der Waals surface area contributed by atoms with E-state index in [2.05, 4.69) is 5.32 Å². The number of ether oxygens (including phenoxy) is 1. The fourth-order valence-electron chi connectivity index (χ4n) is 2.55. The van der Waals surface area contributed by atoms with Crippen LogP contribution in [-0.4, -0.2) is 38.5 Å². The summed E-state index contributed by atoms with van der Waals surface area (Å²) < 4.78 is 30.6. The molecular formula is C19H24N2O4S. The van der Waals surface area contributed by atoms with Crippen LogP contribution in [0.25, 0.3) is 0 Å². The number of aryl methyl sites for hydroxylation is 1. The number of para-hydroxylation sites is 1. The number of hydrogen-bond acceptors (Lipinski definition) is 4. The molecule has 2 aromatic rings. The summed E-state index contributed by atoms with van der Waals surface area (Å²) in [4.78, 5) is 12.3. The Labute approximate surface area is 154 Å². The highest BCUT2D eigenvalue weighted by Gasteiger charge is 2.21. The molecule has 26 heavy (non-hydrogen) atoms. The molecule has 0 aliphatic heterocycles. The standard InChI is InChI=1S/C19H24N2O4S/c1-15-7-6-8-16(11-15)12-20-19(22)14-21(26(3,23)24)13-17-9-4-5-10-18(17)25-2/h4-11H,12-14H2,1-3H3,(H,20,22). The Morgan fingerprint density at radius 3 is 2.54 bits per heavy atom. The fraction of sp³-hybridized carbons (Fsp3) is 0.316. The second-order valence-corrected chi connectivity index (χ2v) is 8.09. The number of nitrogens with zero attached hydrogens (tertiary/aromatic N) is 1. The molecule has 2 aromatic carbocycles. The molecule has 0 radical (unpaired) electrons. The molecule has 0 aliphatic rings. The number of sulfonamides is 1. The van der Waals surface area contributed by atoms with Gasteiger partial charge < -0.3 is 10.1 Å². The monoisotopic (exact) mass is 376 g/mol. The van der Waals surface area contributed by atoms with E-state index in [0.717, 1.165) is 21.7 Å². The van der Waals surface area contributed by atoms with Gasteiger partial charge in [-0.1, -0.05) is 48.0 Å². The predicted molar refractivity (Wildman–Crippen MR) is 101 cm³/mol. The summed E-state index contributed by atoms with van der Waals surface area (Å²) in [5, 5.41) is 2.77. The summed E-state index contributed by atoms with van der Waals surface area (Å²) in [5.41, 5.74) is 2.77. The molecule has 0 aliphatic carbocycles. The number of nitrogens with one attached hydrogen (secondary N) is 1. The summed E-state index contributed by atoms with van der Waals surface area (Å²) in [6.45, 7) is 2.15. The lowest BCUT2D eigenvalue weighted by molar-refractivity contribution is -0.121. The Morgan fingerprint density at radius 2 is 1.88 bits per heavy atom. The van der Waals surface area contributed by atoms with Crippen LogP contribution < -0.4 is 10.1 Å². The molecule has 0 bridgehead atoms. The van der Waals surface area contributed by atoms with Crippen LogP contribution in [0.1, 0.15) is 16.7 Å². The summed E-state index contributed by atoms with van der Waals surface area (Å²) in [6.07, 6.45) is 1.09. The van der Waals surface area contributed by atoms with Crippen LogP contribution in [0.3, 0.4) is 0 Å². The molecule has 6 nitrogen and oxygen atoms in total.